The van der Waals surface area contributed by atoms with Gasteiger partial charge in [-0.25, -0.2) is 4.39 Å². The van der Waals surface area contributed by atoms with E-state index in [4.69, 9.17) is 11.0 Å². The zero-order valence-electron chi connectivity index (χ0n) is 10.5. The van der Waals surface area contributed by atoms with Crippen LogP contribution >= 0.6 is 0 Å². The van der Waals surface area contributed by atoms with E-state index in [0.717, 1.165) is 6.07 Å². The Kier molecular flexibility index (Phi) is 4.67. The van der Waals surface area contributed by atoms with Crippen molar-refractivity contribution in [2.24, 2.45) is 5.92 Å². The van der Waals surface area contributed by atoms with E-state index in [0.29, 0.717) is 13.1 Å². The molecule has 1 aromatic carbocycles. The molecule has 0 radical (unpaired) electrons. The van der Waals surface area contributed by atoms with Crippen LogP contribution in [0.2, 0.25) is 0 Å². The molecule has 1 unspecified atom stereocenters. The number of anilines is 1. The van der Waals surface area contributed by atoms with Crippen LogP contribution in [0.5, 0.6) is 0 Å². The van der Waals surface area contributed by atoms with E-state index in [2.05, 4.69) is 6.07 Å². The summed E-state index contributed by atoms with van der Waals surface area (Å²) in [5.41, 5.74) is 6.05. The van der Waals surface area contributed by atoms with E-state index < -0.39 is 5.82 Å². The molecule has 0 aliphatic heterocycles. The Balaban J connectivity index is 2.97. The van der Waals surface area contributed by atoms with E-state index >= 15 is 0 Å². The Bertz CT molecular complexity index is 482. The zero-order chi connectivity index (χ0) is 13.7. The van der Waals surface area contributed by atoms with Crippen molar-refractivity contribution in [3.05, 3.63) is 29.6 Å². The van der Waals surface area contributed by atoms with Crippen LogP contribution in [0, 0.1) is 23.1 Å². The lowest BCUT2D eigenvalue weighted by molar-refractivity contribution is 0.0753. The second-order valence-electron chi connectivity index (χ2n) is 4.11. The number of hydrogen-bond acceptors (Lipinski definition) is 3. The summed E-state index contributed by atoms with van der Waals surface area (Å²) < 4.78 is 13.1. The lowest BCUT2D eigenvalue weighted by Gasteiger charge is -2.22. The van der Waals surface area contributed by atoms with Gasteiger partial charge in [-0.1, -0.05) is 0 Å². The topological polar surface area (TPSA) is 70.1 Å². The average Bonchev–Trinajstić information content (AvgIpc) is 2.37. The highest BCUT2D eigenvalue weighted by atomic mass is 19.1. The minimum absolute atomic E-state index is 0.141. The van der Waals surface area contributed by atoms with E-state index in [1.165, 1.54) is 17.0 Å². The largest absolute Gasteiger partial charge is 0.398 e. The Labute approximate surface area is 106 Å². The summed E-state index contributed by atoms with van der Waals surface area (Å²) in [7, 11) is 0. The minimum atomic E-state index is -0.503. The van der Waals surface area contributed by atoms with Gasteiger partial charge in [0, 0.05) is 18.8 Å². The highest BCUT2D eigenvalue weighted by Crippen LogP contribution is 2.16. The number of hydrogen-bond donors (Lipinski definition) is 1. The number of nitrogens with two attached hydrogens (primary N) is 1. The number of nitrogen functional groups attached to an aromatic ring is 1. The Morgan fingerprint density at radius 1 is 1.61 bits per heavy atom. The van der Waals surface area contributed by atoms with Gasteiger partial charge in [-0.2, -0.15) is 5.26 Å². The molecule has 2 N–H and O–H groups in total. The van der Waals surface area contributed by atoms with Gasteiger partial charge >= 0.3 is 0 Å². The van der Waals surface area contributed by atoms with Gasteiger partial charge in [0.1, 0.15) is 5.82 Å². The lowest BCUT2D eigenvalue weighted by Crippen LogP contribution is -2.34. The summed E-state index contributed by atoms with van der Waals surface area (Å²) in [6.45, 7) is 4.28. The average molecular weight is 249 g/mol. The lowest BCUT2D eigenvalue weighted by atomic mass is 10.1. The molecule has 0 aliphatic carbocycles. The summed E-state index contributed by atoms with van der Waals surface area (Å²) in [5.74, 6) is -1.13. The number of carbonyl (C=O) groups is 1. The molecular formula is C13H16FN3O. The molecule has 0 aliphatic rings. The molecule has 1 aromatic rings. The standard InChI is InChI=1S/C13H16FN3O/c1-3-17(8-9(2)7-15)13(18)11-6-10(14)4-5-12(11)16/h4-6,9H,3,8,16H2,1-2H3. The number of nitriles is 1. The molecule has 0 bridgehead atoms. The van der Waals surface area contributed by atoms with Crippen molar-refractivity contribution in [3.63, 3.8) is 0 Å². The van der Waals surface area contributed by atoms with Gasteiger partial charge < -0.3 is 10.6 Å². The van der Waals surface area contributed by atoms with E-state index in [1.54, 1.807) is 13.8 Å². The van der Waals surface area contributed by atoms with Gasteiger partial charge in [0.05, 0.1) is 17.6 Å². The molecule has 0 heterocycles. The van der Waals surface area contributed by atoms with Crippen molar-refractivity contribution >= 4 is 11.6 Å². The molecule has 0 fully saturated rings. The van der Waals surface area contributed by atoms with Crippen LogP contribution in [0.4, 0.5) is 10.1 Å². The first-order valence-corrected chi connectivity index (χ1v) is 5.73. The molecular weight excluding hydrogens is 233 g/mol. The first-order chi connectivity index (χ1) is 8.49. The number of halogens is 1. The van der Waals surface area contributed by atoms with Crippen LogP contribution in [0.25, 0.3) is 0 Å². The Morgan fingerprint density at radius 2 is 2.28 bits per heavy atom. The fraction of sp³-hybridized carbons (Fsp3) is 0.385. The molecule has 5 heteroatoms. The van der Waals surface area contributed by atoms with Crippen molar-refractivity contribution < 1.29 is 9.18 Å². The minimum Gasteiger partial charge on any atom is -0.398 e. The highest BCUT2D eigenvalue weighted by molar-refractivity contribution is 5.99. The molecule has 1 amide bonds. The second-order valence-corrected chi connectivity index (χ2v) is 4.11. The van der Waals surface area contributed by atoms with Gasteiger partial charge in [-0.3, -0.25) is 4.79 Å². The van der Waals surface area contributed by atoms with Crippen LogP contribution in [-0.4, -0.2) is 23.9 Å². The molecule has 0 spiro atoms. The molecule has 4 nitrogen and oxygen atoms in total. The van der Waals surface area contributed by atoms with Crippen molar-refractivity contribution in [1.29, 1.82) is 5.26 Å². The van der Waals surface area contributed by atoms with Crippen LogP contribution in [0.1, 0.15) is 24.2 Å². The fourth-order valence-corrected chi connectivity index (χ4v) is 1.61. The van der Waals surface area contributed by atoms with Crippen molar-refractivity contribution in [1.82, 2.24) is 4.90 Å². The third-order valence-corrected chi connectivity index (χ3v) is 2.63. The summed E-state index contributed by atoms with van der Waals surface area (Å²) in [6, 6.07) is 5.76. The maximum absolute atomic E-state index is 13.1. The van der Waals surface area contributed by atoms with E-state index in [9.17, 15) is 9.18 Å². The smallest absolute Gasteiger partial charge is 0.256 e. The van der Waals surface area contributed by atoms with Crippen LogP contribution in [0.3, 0.4) is 0 Å². The zero-order valence-corrected chi connectivity index (χ0v) is 10.5. The van der Waals surface area contributed by atoms with Gasteiger partial charge in [0.2, 0.25) is 0 Å². The first-order valence-electron chi connectivity index (χ1n) is 5.73. The van der Waals surface area contributed by atoms with Crippen molar-refractivity contribution in [2.45, 2.75) is 13.8 Å². The van der Waals surface area contributed by atoms with E-state index in [1.807, 2.05) is 0 Å². The van der Waals surface area contributed by atoms with Crippen LogP contribution in [0.15, 0.2) is 18.2 Å². The molecule has 96 valence electrons. The summed E-state index contributed by atoms with van der Waals surface area (Å²) in [6.07, 6.45) is 0. The van der Waals surface area contributed by atoms with Crippen LogP contribution < -0.4 is 5.73 Å². The molecule has 0 saturated heterocycles. The first kappa shape index (κ1) is 14.0. The Morgan fingerprint density at radius 3 is 2.83 bits per heavy atom. The monoisotopic (exact) mass is 249 g/mol. The highest BCUT2D eigenvalue weighted by Gasteiger charge is 2.19. The van der Waals surface area contributed by atoms with Gasteiger partial charge in [0.15, 0.2) is 0 Å². The molecule has 0 aromatic heterocycles. The van der Waals surface area contributed by atoms with Gasteiger partial charge in [-0.05, 0) is 32.0 Å². The molecule has 18 heavy (non-hydrogen) atoms. The molecule has 1 rings (SSSR count). The third-order valence-electron chi connectivity index (χ3n) is 2.63. The maximum Gasteiger partial charge on any atom is 0.256 e. The van der Waals surface area contributed by atoms with Crippen LogP contribution in [-0.2, 0) is 0 Å². The summed E-state index contributed by atoms with van der Waals surface area (Å²) in [4.78, 5) is 13.7. The predicted octanol–water partition coefficient (Wildman–Crippen LogP) is 2.03. The SMILES string of the molecule is CCN(CC(C)C#N)C(=O)c1cc(F)ccc1N. The van der Waals surface area contributed by atoms with Crippen molar-refractivity contribution in [3.8, 4) is 6.07 Å². The quantitative estimate of drug-likeness (QED) is 0.830. The fourth-order valence-electron chi connectivity index (χ4n) is 1.61. The number of rotatable bonds is 4. The van der Waals surface area contributed by atoms with Gasteiger partial charge in [-0.15, -0.1) is 0 Å². The maximum atomic E-state index is 13.1. The third kappa shape index (κ3) is 3.20. The number of amides is 1. The summed E-state index contributed by atoms with van der Waals surface area (Å²) in [5, 5.41) is 8.76. The second kappa shape index (κ2) is 6.01. The van der Waals surface area contributed by atoms with Crippen molar-refractivity contribution in [2.75, 3.05) is 18.8 Å². The number of carbonyl (C=O) groups excluding carboxylic acids is 1. The number of benzene rings is 1. The van der Waals surface area contributed by atoms with Gasteiger partial charge in [0.25, 0.3) is 5.91 Å². The molecule has 0 saturated carbocycles. The van der Waals surface area contributed by atoms with E-state index in [-0.39, 0.29) is 23.1 Å². The number of nitrogens with zero attached hydrogens (tertiary/aromatic N) is 2. The normalized spacial score (nSPS) is 11.7. The molecule has 1 atom stereocenters. The predicted molar refractivity (Wildman–Crippen MR) is 67.2 cm³/mol. The Hall–Kier alpha value is -2.09. The summed E-state index contributed by atoms with van der Waals surface area (Å²) >= 11 is 0.